The Morgan fingerprint density at radius 2 is 2.29 bits per heavy atom. The van der Waals surface area contributed by atoms with Crippen molar-refractivity contribution in [2.24, 2.45) is 5.73 Å². The first-order valence-electron chi connectivity index (χ1n) is 4.40. The topological polar surface area (TPSA) is 52.3 Å². The highest BCUT2D eigenvalue weighted by molar-refractivity contribution is 7.80. The van der Waals surface area contributed by atoms with Gasteiger partial charge in [0.15, 0.2) is 0 Å². The van der Waals surface area contributed by atoms with Gasteiger partial charge in [-0.25, -0.2) is 0 Å². The predicted molar refractivity (Wildman–Crippen MR) is 58.0 cm³/mol. The summed E-state index contributed by atoms with van der Waals surface area (Å²) in [5.41, 5.74) is 5.58. The van der Waals surface area contributed by atoms with E-state index in [4.69, 9.17) is 10.5 Å². The maximum absolute atomic E-state index is 11.0. The SMILES string of the molecule is CCCOc1ccc(S)cc1C(N)=O. The minimum Gasteiger partial charge on any atom is -0.493 e. The van der Waals surface area contributed by atoms with Crippen molar-refractivity contribution in [3.8, 4) is 5.75 Å². The Hall–Kier alpha value is -1.16. The smallest absolute Gasteiger partial charge is 0.252 e. The van der Waals surface area contributed by atoms with Crippen LogP contribution < -0.4 is 10.5 Å². The molecule has 0 aliphatic rings. The zero-order chi connectivity index (χ0) is 10.6. The second kappa shape index (κ2) is 4.91. The monoisotopic (exact) mass is 211 g/mol. The first kappa shape index (κ1) is 10.9. The number of carbonyl (C=O) groups excluding carboxylic acids is 1. The summed E-state index contributed by atoms with van der Waals surface area (Å²) in [5, 5.41) is 0. The van der Waals surface area contributed by atoms with Gasteiger partial charge in [0.05, 0.1) is 12.2 Å². The number of thiol groups is 1. The molecule has 0 atom stereocenters. The first-order chi connectivity index (χ1) is 6.65. The van der Waals surface area contributed by atoms with Crippen molar-refractivity contribution in [1.82, 2.24) is 0 Å². The molecular weight excluding hydrogens is 198 g/mol. The number of benzene rings is 1. The lowest BCUT2D eigenvalue weighted by molar-refractivity contribution is 0.0996. The van der Waals surface area contributed by atoms with Crippen LogP contribution in [0, 0.1) is 0 Å². The van der Waals surface area contributed by atoms with E-state index in [1.807, 2.05) is 6.92 Å². The van der Waals surface area contributed by atoms with Crippen molar-refractivity contribution in [3.63, 3.8) is 0 Å². The molecule has 2 N–H and O–H groups in total. The van der Waals surface area contributed by atoms with E-state index in [1.165, 1.54) is 0 Å². The molecule has 1 aromatic carbocycles. The molecule has 1 amide bonds. The van der Waals surface area contributed by atoms with Crippen LogP contribution >= 0.6 is 12.6 Å². The van der Waals surface area contributed by atoms with Gasteiger partial charge in [-0.2, -0.15) is 0 Å². The number of rotatable bonds is 4. The molecule has 0 saturated carbocycles. The molecular formula is C10H13NO2S. The zero-order valence-corrected chi connectivity index (χ0v) is 8.88. The molecule has 0 saturated heterocycles. The first-order valence-corrected chi connectivity index (χ1v) is 4.85. The van der Waals surface area contributed by atoms with E-state index in [0.29, 0.717) is 22.8 Å². The van der Waals surface area contributed by atoms with E-state index in [2.05, 4.69) is 12.6 Å². The average molecular weight is 211 g/mol. The number of amides is 1. The fraction of sp³-hybridized carbons (Fsp3) is 0.300. The molecule has 0 aliphatic heterocycles. The molecule has 0 aliphatic carbocycles. The number of hydrogen-bond donors (Lipinski definition) is 2. The summed E-state index contributed by atoms with van der Waals surface area (Å²) < 4.78 is 5.37. The number of ether oxygens (including phenoxy) is 1. The van der Waals surface area contributed by atoms with Crippen molar-refractivity contribution in [3.05, 3.63) is 23.8 Å². The van der Waals surface area contributed by atoms with Gasteiger partial charge in [0, 0.05) is 4.90 Å². The lowest BCUT2D eigenvalue weighted by atomic mass is 10.2. The van der Waals surface area contributed by atoms with E-state index < -0.39 is 5.91 Å². The van der Waals surface area contributed by atoms with E-state index in [9.17, 15) is 4.79 Å². The van der Waals surface area contributed by atoms with E-state index in [0.717, 1.165) is 6.42 Å². The summed E-state index contributed by atoms with van der Waals surface area (Å²) in [6, 6.07) is 5.08. The number of carbonyl (C=O) groups is 1. The van der Waals surface area contributed by atoms with E-state index in [-0.39, 0.29) is 0 Å². The van der Waals surface area contributed by atoms with Crippen LogP contribution in [-0.2, 0) is 0 Å². The normalized spacial score (nSPS) is 9.86. The second-order valence-corrected chi connectivity index (χ2v) is 3.41. The minimum atomic E-state index is -0.494. The third-order valence-corrected chi connectivity index (χ3v) is 1.97. The predicted octanol–water partition coefficient (Wildman–Crippen LogP) is 1.86. The van der Waals surface area contributed by atoms with Gasteiger partial charge in [-0.15, -0.1) is 12.6 Å². The molecule has 14 heavy (non-hydrogen) atoms. The Morgan fingerprint density at radius 1 is 1.57 bits per heavy atom. The molecule has 0 aromatic heterocycles. The Balaban J connectivity index is 2.96. The van der Waals surface area contributed by atoms with Crippen LogP contribution in [0.25, 0.3) is 0 Å². The van der Waals surface area contributed by atoms with Crippen LogP contribution in [0.1, 0.15) is 23.7 Å². The highest BCUT2D eigenvalue weighted by Crippen LogP contribution is 2.21. The molecule has 4 heteroatoms. The van der Waals surface area contributed by atoms with Gasteiger partial charge in [0.25, 0.3) is 5.91 Å². The third-order valence-electron chi connectivity index (χ3n) is 1.69. The van der Waals surface area contributed by atoms with Crippen LogP contribution in [0.5, 0.6) is 5.75 Å². The minimum absolute atomic E-state index is 0.381. The summed E-state index contributed by atoms with van der Waals surface area (Å²) in [6.45, 7) is 2.57. The van der Waals surface area contributed by atoms with Crippen LogP contribution in [-0.4, -0.2) is 12.5 Å². The average Bonchev–Trinajstić information content (AvgIpc) is 2.15. The lowest BCUT2D eigenvalue weighted by Gasteiger charge is -2.08. The highest BCUT2D eigenvalue weighted by Gasteiger charge is 2.09. The summed E-state index contributed by atoms with van der Waals surface area (Å²) in [5.74, 6) is 0.0316. The Bertz CT molecular complexity index is 339. The fourth-order valence-corrected chi connectivity index (χ4v) is 1.25. The van der Waals surface area contributed by atoms with Gasteiger partial charge in [-0.1, -0.05) is 6.92 Å². The highest BCUT2D eigenvalue weighted by atomic mass is 32.1. The van der Waals surface area contributed by atoms with Crippen LogP contribution in [0.3, 0.4) is 0 Å². The van der Waals surface area contributed by atoms with Gasteiger partial charge in [0.2, 0.25) is 0 Å². The largest absolute Gasteiger partial charge is 0.493 e. The standard InChI is InChI=1S/C10H13NO2S/c1-2-5-13-9-4-3-7(14)6-8(9)10(11)12/h3-4,6,14H,2,5H2,1H3,(H2,11,12). The van der Waals surface area contributed by atoms with Crippen molar-refractivity contribution in [2.75, 3.05) is 6.61 Å². The van der Waals surface area contributed by atoms with Crippen molar-refractivity contribution < 1.29 is 9.53 Å². The maximum atomic E-state index is 11.0. The van der Waals surface area contributed by atoms with Crippen molar-refractivity contribution in [1.29, 1.82) is 0 Å². The molecule has 0 radical (unpaired) electrons. The van der Waals surface area contributed by atoms with Gasteiger partial charge in [0.1, 0.15) is 5.75 Å². The molecule has 0 spiro atoms. The molecule has 0 unspecified atom stereocenters. The number of primary amides is 1. The van der Waals surface area contributed by atoms with Crippen LogP contribution in [0.15, 0.2) is 23.1 Å². The zero-order valence-electron chi connectivity index (χ0n) is 7.99. The van der Waals surface area contributed by atoms with Gasteiger partial charge in [-0.3, -0.25) is 4.79 Å². The maximum Gasteiger partial charge on any atom is 0.252 e. The fourth-order valence-electron chi connectivity index (χ4n) is 1.05. The molecule has 1 aromatic rings. The molecule has 1 rings (SSSR count). The molecule has 76 valence electrons. The van der Waals surface area contributed by atoms with Gasteiger partial charge >= 0.3 is 0 Å². The molecule has 0 fully saturated rings. The third kappa shape index (κ3) is 2.67. The van der Waals surface area contributed by atoms with Crippen LogP contribution in [0.4, 0.5) is 0 Å². The molecule has 3 nitrogen and oxygen atoms in total. The number of hydrogen-bond acceptors (Lipinski definition) is 3. The Morgan fingerprint density at radius 3 is 2.86 bits per heavy atom. The Kier molecular flexibility index (Phi) is 3.83. The summed E-state index contributed by atoms with van der Waals surface area (Å²) in [4.78, 5) is 11.7. The van der Waals surface area contributed by atoms with Crippen molar-refractivity contribution >= 4 is 18.5 Å². The summed E-state index contributed by atoms with van der Waals surface area (Å²) in [6.07, 6.45) is 0.890. The molecule has 0 bridgehead atoms. The van der Waals surface area contributed by atoms with Crippen molar-refractivity contribution in [2.45, 2.75) is 18.2 Å². The number of nitrogens with two attached hydrogens (primary N) is 1. The lowest BCUT2D eigenvalue weighted by Crippen LogP contribution is -2.13. The Labute approximate surface area is 88.7 Å². The quantitative estimate of drug-likeness (QED) is 0.747. The van der Waals surface area contributed by atoms with Gasteiger partial charge < -0.3 is 10.5 Å². The van der Waals surface area contributed by atoms with Gasteiger partial charge in [-0.05, 0) is 24.6 Å². The summed E-state index contributed by atoms with van der Waals surface area (Å²) in [7, 11) is 0. The van der Waals surface area contributed by atoms with E-state index in [1.54, 1.807) is 18.2 Å². The van der Waals surface area contributed by atoms with Crippen LogP contribution in [0.2, 0.25) is 0 Å². The summed E-state index contributed by atoms with van der Waals surface area (Å²) >= 11 is 4.12. The second-order valence-electron chi connectivity index (χ2n) is 2.89. The van der Waals surface area contributed by atoms with E-state index >= 15 is 0 Å². The molecule has 0 heterocycles.